The predicted octanol–water partition coefficient (Wildman–Crippen LogP) is 3.10. The van der Waals surface area contributed by atoms with Gasteiger partial charge < -0.3 is 15.5 Å². The van der Waals surface area contributed by atoms with Crippen LogP contribution in [0.5, 0.6) is 0 Å². The molecule has 2 aromatic carbocycles. The van der Waals surface area contributed by atoms with Gasteiger partial charge >= 0.3 is 0 Å². The van der Waals surface area contributed by atoms with E-state index in [0.717, 1.165) is 37.4 Å². The molecule has 2 N–H and O–H groups in total. The van der Waals surface area contributed by atoms with Crippen LogP contribution in [0.4, 0.5) is 11.4 Å². The molecule has 5 heteroatoms. The maximum Gasteiger partial charge on any atom is 0.193 e. The number of carbonyl (C=O) groups is 1. The van der Waals surface area contributed by atoms with Crippen molar-refractivity contribution < 1.29 is 4.79 Å². The second kappa shape index (κ2) is 8.23. The van der Waals surface area contributed by atoms with Gasteiger partial charge in [-0.3, -0.25) is 9.78 Å². The summed E-state index contributed by atoms with van der Waals surface area (Å²) < 4.78 is 0. The Morgan fingerprint density at radius 2 is 1.54 bits per heavy atom. The van der Waals surface area contributed by atoms with E-state index in [1.165, 1.54) is 5.69 Å². The zero-order chi connectivity index (χ0) is 19.3. The highest BCUT2D eigenvalue weighted by Crippen LogP contribution is 2.27. The van der Waals surface area contributed by atoms with Gasteiger partial charge in [-0.2, -0.15) is 0 Å². The van der Waals surface area contributed by atoms with Gasteiger partial charge in [-0.1, -0.05) is 42.5 Å². The Labute approximate surface area is 165 Å². The molecule has 0 bridgehead atoms. The second-order valence-electron chi connectivity index (χ2n) is 6.88. The monoisotopic (exact) mass is 372 g/mol. The number of rotatable bonds is 5. The zero-order valence-corrected chi connectivity index (χ0v) is 15.8. The predicted molar refractivity (Wildman–Crippen MR) is 113 cm³/mol. The highest BCUT2D eigenvalue weighted by molar-refractivity contribution is 6.10. The number of nitrogens with zero attached hydrogens (tertiary/aromatic N) is 3. The first-order valence-corrected chi connectivity index (χ1v) is 9.59. The molecular formula is C23H24N4O. The molecule has 0 aliphatic carbocycles. The molecule has 0 unspecified atom stereocenters. The van der Waals surface area contributed by atoms with E-state index in [1.54, 1.807) is 0 Å². The van der Waals surface area contributed by atoms with Gasteiger partial charge in [-0.05, 0) is 18.2 Å². The van der Waals surface area contributed by atoms with Gasteiger partial charge in [0.25, 0.3) is 0 Å². The van der Waals surface area contributed by atoms with Crippen LogP contribution in [-0.4, -0.2) is 36.9 Å². The number of pyridine rings is 1. The molecule has 3 aromatic rings. The summed E-state index contributed by atoms with van der Waals surface area (Å²) >= 11 is 0. The van der Waals surface area contributed by atoms with Gasteiger partial charge in [0.1, 0.15) is 0 Å². The summed E-state index contributed by atoms with van der Waals surface area (Å²) in [6, 6.07) is 19.4. The van der Waals surface area contributed by atoms with Crippen LogP contribution in [0.25, 0.3) is 0 Å². The number of hydrogen-bond acceptors (Lipinski definition) is 5. The third kappa shape index (κ3) is 3.62. The third-order valence-corrected chi connectivity index (χ3v) is 5.28. The van der Waals surface area contributed by atoms with Gasteiger partial charge in [0, 0.05) is 73.2 Å². The molecule has 2 heterocycles. The van der Waals surface area contributed by atoms with Gasteiger partial charge in [0.2, 0.25) is 0 Å². The van der Waals surface area contributed by atoms with Crippen LogP contribution in [0.1, 0.15) is 21.5 Å². The highest BCUT2D eigenvalue weighted by atomic mass is 16.1. The van der Waals surface area contributed by atoms with Crippen LogP contribution < -0.4 is 15.5 Å². The van der Waals surface area contributed by atoms with E-state index in [-0.39, 0.29) is 5.78 Å². The number of aromatic nitrogens is 1. The molecule has 0 saturated carbocycles. The molecule has 0 radical (unpaired) electrons. The summed E-state index contributed by atoms with van der Waals surface area (Å²) in [6.07, 6.45) is 3.65. The van der Waals surface area contributed by atoms with Crippen molar-refractivity contribution in [3.63, 3.8) is 0 Å². The number of carbonyl (C=O) groups excluding carboxylic acids is 1. The van der Waals surface area contributed by atoms with Gasteiger partial charge in [0.05, 0.1) is 0 Å². The van der Waals surface area contributed by atoms with E-state index in [1.807, 2.05) is 67.0 Å². The Morgan fingerprint density at radius 1 is 0.857 bits per heavy atom. The third-order valence-electron chi connectivity index (χ3n) is 5.28. The number of nitrogens with two attached hydrogens (primary N) is 1. The lowest BCUT2D eigenvalue weighted by atomic mass is 9.96. The lowest BCUT2D eigenvalue weighted by molar-refractivity contribution is 0.103. The SMILES string of the molecule is NCc1c(C(=O)c2ccccc2)cccc1N1CCN(c2ccncc2)CC1. The van der Waals surface area contributed by atoms with Crippen molar-refractivity contribution in [3.05, 3.63) is 89.7 Å². The van der Waals surface area contributed by atoms with Crippen molar-refractivity contribution in [2.45, 2.75) is 6.54 Å². The molecule has 1 aliphatic heterocycles. The maximum absolute atomic E-state index is 13.0. The molecular weight excluding hydrogens is 348 g/mol. The summed E-state index contributed by atoms with van der Waals surface area (Å²) in [6.45, 7) is 3.96. The lowest BCUT2D eigenvalue weighted by Crippen LogP contribution is -2.47. The molecule has 1 aliphatic rings. The average Bonchev–Trinajstić information content (AvgIpc) is 2.79. The fourth-order valence-electron chi connectivity index (χ4n) is 3.80. The number of hydrogen-bond donors (Lipinski definition) is 1. The number of benzene rings is 2. The van der Waals surface area contributed by atoms with Crippen LogP contribution in [0, 0.1) is 0 Å². The maximum atomic E-state index is 13.0. The minimum absolute atomic E-state index is 0.0262. The van der Waals surface area contributed by atoms with Crippen LogP contribution in [-0.2, 0) is 6.54 Å². The number of anilines is 2. The van der Waals surface area contributed by atoms with Crippen LogP contribution in [0.15, 0.2) is 73.1 Å². The Hall–Kier alpha value is -3.18. The largest absolute Gasteiger partial charge is 0.368 e. The van der Waals surface area contributed by atoms with Crippen molar-refractivity contribution in [1.82, 2.24) is 4.98 Å². The number of piperazine rings is 1. The molecule has 4 rings (SSSR count). The first kappa shape index (κ1) is 18.2. The molecule has 5 nitrogen and oxygen atoms in total. The van der Waals surface area contributed by atoms with Gasteiger partial charge in [-0.25, -0.2) is 0 Å². The topological polar surface area (TPSA) is 62.5 Å². The summed E-state index contributed by atoms with van der Waals surface area (Å²) in [4.78, 5) is 21.8. The first-order chi connectivity index (χ1) is 13.8. The summed E-state index contributed by atoms with van der Waals surface area (Å²) in [5, 5.41) is 0. The fraction of sp³-hybridized carbons (Fsp3) is 0.217. The van der Waals surface area contributed by atoms with Crippen molar-refractivity contribution in [2.75, 3.05) is 36.0 Å². The van der Waals surface area contributed by atoms with E-state index in [2.05, 4.69) is 20.9 Å². The van der Waals surface area contributed by atoms with E-state index in [0.29, 0.717) is 17.7 Å². The van der Waals surface area contributed by atoms with Crippen molar-refractivity contribution >= 4 is 17.2 Å². The van der Waals surface area contributed by atoms with Crippen LogP contribution in [0.3, 0.4) is 0 Å². The van der Waals surface area contributed by atoms with Gasteiger partial charge in [-0.15, -0.1) is 0 Å². The van der Waals surface area contributed by atoms with Crippen molar-refractivity contribution in [3.8, 4) is 0 Å². The average molecular weight is 372 g/mol. The molecule has 142 valence electrons. The standard InChI is InChI=1S/C23H24N4O/c24-17-21-20(23(28)18-5-2-1-3-6-18)7-4-8-22(21)27-15-13-26(14-16-27)19-9-11-25-12-10-19/h1-12H,13-17,24H2. The minimum atomic E-state index is 0.0262. The van der Waals surface area contributed by atoms with E-state index in [9.17, 15) is 4.79 Å². The normalized spacial score (nSPS) is 14.2. The fourth-order valence-corrected chi connectivity index (χ4v) is 3.80. The highest BCUT2D eigenvalue weighted by Gasteiger charge is 2.22. The lowest BCUT2D eigenvalue weighted by Gasteiger charge is -2.38. The molecule has 0 atom stereocenters. The number of ketones is 1. The Morgan fingerprint density at radius 3 is 2.21 bits per heavy atom. The molecule has 1 fully saturated rings. The Balaban J connectivity index is 1.57. The smallest absolute Gasteiger partial charge is 0.193 e. The minimum Gasteiger partial charge on any atom is -0.368 e. The zero-order valence-electron chi connectivity index (χ0n) is 15.8. The molecule has 1 aromatic heterocycles. The van der Waals surface area contributed by atoms with Crippen LogP contribution in [0.2, 0.25) is 0 Å². The quantitative estimate of drug-likeness (QED) is 0.698. The molecule has 0 amide bonds. The molecule has 1 saturated heterocycles. The van der Waals surface area contributed by atoms with Crippen LogP contribution >= 0.6 is 0 Å². The molecule has 0 spiro atoms. The second-order valence-corrected chi connectivity index (χ2v) is 6.88. The Kier molecular flexibility index (Phi) is 5.35. The summed E-state index contributed by atoms with van der Waals surface area (Å²) in [7, 11) is 0. The van der Waals surface area contributed by atoms with Crippen molar-refractivity contribution in [2.24, 2.45) is 5.73 Å². The summed E-state index contributed by atoms with van der Waals surface area (Å²) in [5.41, 5.74) is 10.7. The molecule has 28 heavy (non-hydrogen) atoms. The Bertz CT molecular complexity index is 935. The van der Waals surface area contributed by atoms with Crippen molar-refractivity contribution in [1.29, 1.82) is 0 Å². The van der Waals surface area contributed by atoms with E-state index in [4.69, 9.17) is 5.73 Å². The van der Waals surface area contributed by atoms with E-state index < -0.39 is 0 Å². The van der Waals surface area contributed by atoms with E-state index >= 15 is 0 Å². The summed E-state index contributed by atoms with van der Waals surface area (Å²) in [5.74, 6) is 0.0262. The van der Waals surface area contributed by atoms with Gasteiger partial charge in [0.15, 0.2) is 5.78 Å². The first-order valence-electron chi connectivity index (χ1n) is 9.59.